The smallest absolute Gasteiger partial charge is 0.0946 e. The van der Waals surface area contributed by atoms with E-state index in [-0.39, 0.29) is 11.0 Å². The van der Waals surface area contributed by atoms with Crippen LogP contribution in [0.3, 0.4) is 0 Å². The van der Waals surface area contributed by atoms with Gasteiger partial charge in [0.2, 0.25) is 0 Å². The van der Waals surface area contributed by atoms with Gasteiger partial charge in [-0.25, -0.2) is 4.98 Å². The molecule has 1 aromatic heterocycles. The van der Waals surface area contributed by atoms with Crippen molar-refractivity contribution < 1.29 is 0 Å². The standard InChI is InChI=1S/C9H15N3/c1-8(2)5-9(8,10)7-4-11-6-12(7)3/h4,6H,5,10H2,1-3H3. The minimum atomic E-state index is -0.141. The second-order valence-electron chi connectivity index (χ2n) is 4.42. The van der Waals surface area contributed by atoms with Crippen LogP contribution in [0.4, 0.5) is 0 Å². The van der Waals surface area contributed by atoms with Crippen molar-refractivity contribution in [1.29, 1.82) is 0 Å². The van der Waals surface area contributed by atoms with E-state index in [1.807, 2.05) is 17.8 Å². The highest BCUT2D eigenvalue weighted by atomic mass is 15.1. The third-order valence-electron chi connectivity index (χ3n) is 3.08. The summed E-state index contributed by atoms with van der Waals surface area (Å²) in [5, 5.41) is 0. The van der Waals surface area contributed by atoms with Gasteiger partial charge < -0.3 is 10.3 Å². The lowest BCUT2D eigenvalue weighted by atomic mass is 10.0. The molecule has 66 valence electrons. The Morgan fingerprint density at radius 3 is 2.50 bits per heavy atom. The molecule has 3 nitrogen and oxygen atoms in total. The van der Waals surface area contributed by atoms with E-state index in [1.54, 1.807) is 6.33 Å². The average molecular weight is 165 g/mol. The number of nitrogens with zero attached hydrogens (tertiary/aromatic N) is 2. The second-order valence-corrected chi connectivity index (χ2v) is 4.42. The summed E-state index contributed by atoms with van der Waals surface area (Å²) in [7, 11) is 1.99. The van der Waals surface area contributed by atoms with Gasteiger partial charge in [-0.1, -0.05) is 13.8 Å². The van der Waals surface area contributed by atoms with Crippen molar-refractivity contribution in [3.8, 4) is 0 Å². The van der Waals surface area contributed by atoms with Crippen molar-refractivity contribution in [2.75, 3.05) is 0 Å². The monoisotopic (exact) mass is 165 g/mol. The highest BCUT2D eigenvalue weighted by molar-refractivity contribution is 5.28. The van der Waals surface area contributed by atoms with E-state index in [0.29, 0.717) is 0 Å². The Morgan fingerprint density at radius 2 is 2.17 bits per heavy atom. The minimum Gasteiger partial charge on any atom is -0.336 e. The molecule has 0 aliphatic heterocycles. The van der Waals surface area contributed by atoms with Crippen molar-refractivity contribution >= 4 is 0 Å². The van der Waals surface area contributed by atoms with Crippen LogP contribution in [0.1, 0.15) is 26.0 Å². The van der Waals surface area contributed by atoms with E-state index in [1.165, 1.54) is 0 Å². The predicted octanol–water partition coefficient (Wildman–Crippen LogP) is 1.00. The molecule has 0 saturated heterocycles. The van der Waals surface area contributed by atoms with Crippen LogP contribution < -0.4 is 5.73 Å². The molecule has 0 amide bonds. The van der Waals surface area contributed by atoms with Crippen LogP contribution in [0.15, 0.2) is 12.5 Å². The lowest BCUT2D eigenvalue weighted by Crippen LogP contribution is -2.27. The van der Waals surface area contributed by atoms with Crippen molar-refractivity contribution in [2.45, 2.75) is 25.8 Å². The molecule has 1 saturated carbocycles. The highest BCUT2D eigenvalue weighted by Crippen LogP contribution is 2.59. The Labute approximate surface area is 72.6 Å². The summed E-state index contributed by atoms with van der Waals surface area (Å²) < 4.78 is 2.01. The van der Waals surface area contributed by atoms with Crippen LogP contribution in [0.5, 0.6) is 0 Å². The maximum atomic E-state index is 6.23. The zero-order valence-electron chi connectivity index (χ0n) is 7.83. The van der Waals surface area contributed by atoms with Crippen LogP contribution in [0.2, 0.25) is 0 Å². The van der Waals surface area contributed by atoms with Gasteiger partial charge in [0.25, 0.3) is 0 Å². The van der Waals surface area contributed by atoms with Gasteiger partial charge in [0.1, 0.15) is 0 Å². The first-order valence-electron chi connectivity index (χ1n) is 4.23. The second kappa shape index (κ2) is 1.91. The summed E-state index contributed by atoms with van der Waals surface area (Å²) in [5.41, 5.74) is 7.47. The SMILES string of the molecule is Cn1cncc1C1(N)CC1(C)C. The molecule has 2 rings (SSSR count). The molecule has 0 bridgehead atoms. The fourth-order valence-corrected chi connectivity index (χ4v) is 1.88. The first-order chi connectivity index (χ1) is 5.47. The highest BCUT2D eigenvalue weighted by Gasteiger charge is 2.60. The molecule has 0 radical (unpaired) electrons. The zero-order chi connectivity index (χ0) is 8.98. The Kier molecular flexibility index (Phi) is 1.24. The largest absolute Gasteiger partial charge is 0.336 e. The fraction of sp³-hybridized carbons (Fsp3) is 0.667. The van der Waals surface area contributed by atoms with Gasteiger partial charge in [0.15, 0.2) is 0 Å². The van der Waals surface area contributed by atoms with Crippen LogP contribution in [-0.2, 0) is 12.6 Å². The first kappa shape index (κ1) is 7.80. The van der Waals surface area contributed by atoms with E-state index < -0.39 is 0 Å². The molecule has 1 aromatic rings. The molecule has 1 aliphatic carbocycles. The molecule has 1 unspecified atom stereocenters. The van der Waals surface area contributed by atoms with E-state index in [9.17, 15) is 0 Å². The molecule has 2 N–H and O–H groups in total. The van der Waals surface area contributed by atoms with E-state index in [2.05, 4.69) is 18.8 Å². The van der Waals surface area contributed by atoms with Crippen LogP contribution in [0, 0.1) is 5.41 Å². The van der Waals surface area contributed by atoms with Crippen molar-refractivity contribution in [1.82, 2.24) is 9.55 Å². The lowest BCUT2D eigenvalue weighted by Gasteiger charge is -2.14. The average Bonchev–Trinajstić information content (AvgIpc) is 2.36. The molecule has 0 spiro atoms. The van der Waals surface area contributed by atoms with Gasteiger partial charge in [-0.2, -0.15) is 0 Å². The van der Waals surface area contributed by atoms with Crippen molar-refractivity contribution in [2.24, 2.45) is 18.2 Å². The molecular formula is C9H15N3. The van der Waals surface area contributed by atoms with Crippen LogP contribution in [0.25, 0.3) is 0 Å². The number of aryl methyl sites for hydroxylation is 1. The molecular weight excluding hydrogens is 150 g/mol. The summed E-state index contributed by atoms with van der Waals surface area (Å²) >= 11 is 0. The number of rotatable bonds is 1. The number of hydrogen-bond donors (Lipinski definition) is 1. The molecule has 1 fully saturated rings. The molecule has 12 heavy (non-hydrogen) atoms. The van der Waals surface area contributed by atoms with Gasteiger partial charge in [-0.05, 0) is 11.8 Å². The lowest BCUT2D eigenvalue weighted by molar-refractivity contribution is 0.487. The predicted molar refractivity (Wildman–Crippen MR) is 47.5 cm³/mol. The van der Waals surface area contributed by atoms with Gasteiger partial charge in [-0.15, -0.1) is 0 Å². The fourth-order valence-electron chi connectivity index (χ4n) is 1.88. The van der Waals surface area contributed by atoms with E-state index >= 15 is 0 Å². The van der Waals surface area contributed by atoms with Gasteiger partial charge in [-0.3, -0.25) is 0 Å². The third-order valence-corrected chi connectivity index (χ3v) is 3.08. The molecule has 3 heteroatoms. The molecule has 1 atom stereocenters. The third kappa shape index (κ3) is 0.771. The van der Waals surface area contributed by atoms with Crippen molar-refractivity contribution in [3.05, 3.63) is 18.2 Å². The Balaban J connectivity index is 2.40. The summed E-state index contributed by atoms with van der Waals surface area (Å²) in [6, 6.07) is 0. The summed E-state index contributed by atoms with van der Waals surface area (Å²) in [5.74, 6) is 0. The summed E-state index contributed by atoms with van der Waals surface area (Å²) in [6.45, 7) is 4.39. The quantitative estimate of drug-likeness (QED) is 0.674. The summed E-state index contributed by atoms with van der Waals surface area (Å²) in [4.78, 5) is 4.08. The first-order valence-corrected chi connectivity index (χ1v) is 4.23. The zero-order valence-corrected chi connectivity index (χ0v) is 7.83. The van der Waals surface area contributed by atoms with E-state index in [4.69, 9.17) is 5.73 Å². The number of imidazole rings is 1. The van der Waals surface area contributed by atoms with E-state index in [0.717, 1.165) is 12.1 Å². The van der Waals surface area contributed by atoms with Crippen LogP contribution >= 0.6 is 0 Å². The Morgan fingerprint density at radius 1 is 1.58 bits per heavy atom. The van der Waals surface area contributed by atoms with Gasteiger partial charge in [0.05, 0.1) is 23.8 Å². The van der Waals surface area contributed by atoms with Crippen LogP contribution in [-0.4, -0.2) is 9.55 Å². The Hall–Kier alpha value is -0.830. The Bertz CT molecular complexity index is 313. The minimum absolute atomic E-state index is 0.141. The molecule has 0 aromatic carbocycles. The number of nitrogens with two attached hydrogens (primary N) is 1. The summed E-state index contributed by atoms with van der Waals surface area (Å²) in [6.07, 6.45) is 4.73. The van der Waals surface area contributed by atoms with Gasteiger partial charge in [0, 0.05) is 7.05 Å². The number of aromatic nitrogens is 2. The van der Waals surface area contributed by atoms with Gasteiger partial charge >= 0.3 is 0 Å². The number of hydrogen-bond acceptors (Lipinski definition) is 2. The topological polar surface area (TPSA) is 43.8 Å². The maximum Gasteiger partial charge on any atom is 0.0946 e. The normalized spacial score (nSPS) is 32.0. The van der Waals surface area contributed by atoms with Crippen molar-refractivity contribution in [3.63, 3.8) is 0 Å². The molecule has 1 aliphatic rings. The maximum absolute atomic E-state index is 6.23. The molecule has 1 heterocycles.